The van der Waals surface area contributed by atoms with Gasteiger partial charge in [0.1, 0.15) is 5.52 Å². The van der Waals surface area contributed by atoms with Gasteiger partial charge in [0, 0.05) is 10.7 Å². The Kier molecular flexibility index (Phi) is 7.29. The molecule has 0 atom stereocenters. The summed E-state index contributed by atoms with van der Waals surface area (Å²) in [6, 6.07) is 10.9. The summed E-state index contributed by atoms with van der Waals surface area (Å²) in [6.07, 6.45) is 0.897. The van der Waals surface area contributed by atoms with Crippen molar-refractivity contribution in [2.75, 3.05) is 11.9 Å². The Labute approximate surface area is 216 Å². The van der Waals surface area contributed by atoms with Crippen LogP contribution in [0.2, 0.25) is 20.1 Å². The van der Waals surface area contributed by atoms with Gasteiger partial charge in [0.25, 0.3) is 5.91 Å². The Morgan fingerprint density at radius 2 is 1.71 bits per heavy atom. The highest BCUT2D eigenvalue weighted by Crippen LogP contribution is 2.42. The Morgan fingerprint density at radius 3 is 2.38 bits per heavy atom. The number of hydrogen-bond donors (Lipinski definition) is 1. The molecule has 3 aromatic carbocycles. The summed E-state index contributed by atoms with van der Waals surface area (Å²) in [5.74, 6) is 0.176. The van der Waals surface area contributed by atoms with Gasteiger partial charge < -0.3 is 14.5 Å². The number of nitrogens with zero attached hydrogens (tertiary/aromatic N) is 1. The Hall–Kier alpha value is -2.44. The SMILES string of the molecule is CCc1ccc2oc(-c3cc(NC(=O)COc4c(Cl)c(C)c(Cl)c(C)c4Cl)ccc3Cl)nc2c1. The molecule has 0 aliphatic rings. The van der Waals surface area contributed by atoms with Gasteiger partial charge in [0.15, 0.2) is 17.9 Å². The lowest BCUT2D eigenvalue weighted by atomic mass is 10.1. The molecule has 0 aliphatic heterocycles. The Morgan fingerprint density at radius 1 is 1.00 bits per heavy atom. The minimum absolute atomic E-state index is 0.215. The zero-order valence-corrected chi connectivity index (χ0v) is 21.6. The highest BCUT2D eigenvalue weighted by atomic mass is 35.5. The molecule has 0 bridgehead atoms. The number of amides is 1. The van der Waals surface area contributed by atoms with Gasteiger partial charge >= 0.3 is 0 Å². The molecule has 1 amide bonds. The molecule has 1 heterocycles. The minimum atomic E-state index is -0.407. The fourth-order valence-corrected chi connectivity index (χ4v) is 4.47. The second kappa shape index (κ2) is 10.0. The summed E-state index contributed by atoms with van der Waals surface area (Å²) in [4.78, 5) is 17.1. The number of aryl methyl sites for hydroxylation is 1. The van der Waals surface area contributed by atoms with E-state index in [2.05, 4.69) is 17.2 Å². The third kappa shape index (κ3) is 4.84. The van der Waals surface area contributed by atoms with E-state index in [-0.39, 0.29) is 22.4 Å². The first-order valence-corrected chi connectivity index (χ1v) is 12.0. The molecule has 0 saturated heterocycles. The lowest BCUT2D eigenvalue weighted by molar-refractivity contribution is -0.118. The molecule has 1 aromatic heterocycles. The molecule has 4 rings (SSSR count). The number of carbonyl (C=O) groups excluding carboxylic acids is 1. The maximum Gasteiger partial charge on any atom is 0.262 e. The fourth-order valence-electron chi connectivity index (χ4n) is 3.45. The van der Waals surface area contributed by atoms with E-state index in [1.54, 1.807) is 32.0 Å². The van der Waals surface area contributed by atoms with Gasteiger partial charge in [-0.05, 0) is 67.3 Å². The third-order valence-corrected chi connectivity index (χ3v) is 7.21. The highest BCUT2D eigenvalue weighted by Gasteiger charge is 2.19. The Balaban J connectivity index is 1.52. The van der Waals surface area contributed by atoms with Gasteiger partial charge in [-0.3, -0.25) is 4.79 Å². The molecule has 0 radical (unpaired) electrons. The number of anilines is 1. The molecular weight excluding hydrogens is 518 g/mol. The van der Waals surface area contributed by atoms with Crippen molar-refractivity contribution in [3.63, 3.8) is 0 Å². The van der Waals surface area contributed by atoms with Crippen molar-refractivity contribution in [3.05, 3.63) is 73.2 Å². The molecule has 0 saturated carbocycles. The van der Waals surface area contributed by atoms with Gasteiger partial charge in [0.2, 0.25) is 5.89 Å². The number of benzene rings is 3. The topological polar surface area (TPSA) is 64.4 Å². The molecule has 0 spiro atoms. The van der Waals surface area contributed by atoms with Gasteiger partial charge in [-0.15, -0.1) is 0 Å². The van der Waals surface area contributed by atoms with Crippen LogP contribution in [-0.4, -0.2) is 17.5 Å². The standard InChI is InChI=1S/C25H20Cl4N2O3/c1-4-14-5-8-19-18(9-14)31-25(34-19)16-10-15(6-7-17(16)26)30-20(32)11-33-24-22(28)12(2)21(27)13(3)23(24)29/h5-10H,4,11H2,1-3H3,(H,30,32). The average molecular weight is 538 g/mol. The largest absolute Gasteiger partial charge is 0.481 e. The predicted octanol–water partition coefficient (Wildman–Crippen LogP) is 8.31. The fraction of sp³-hybridized carbons (Fsp3) is 0.200. The number of halogens is 4. The van der Waals surface area contributed by atoms with E-state index in [1.165, 1.54) is 0 Å². The number of oxazole rings is 1. The number of aromatic nitrogens is 1. The summed E-state index contributed by atoms with van der Waals surface area (Å²) >= 11 is 25.3. The van der Waals surface area contributed by atoms with Gasteiger partial charge in [-0.2, -0.15) is 0 Å². The summed E-state index contributed by atoms with van der Waals surface area (Å²) < 4.78 is 11.5. The number of fused-ring (bicyclic) bond motifs is 1. The zero-order chi connectivity index (χ0) is 24.6. The molecule has 176 valence electrons. The van der Waals surface area contributed by atoms with E-state index in [0.29, 0.717) is 43.9 Å². The third-order valence-electron chi connectivity index (χ3n) is 5.40. The lowest BCUT2D eigenvalue weighted by Crippen LogP contribution is -2.20. The minimum Gasteiger partial charge on any atom is -0.481 e. The van der Waals surface area contributed by atoms with Crippen LogP contribution in [0.4, 0.5) is 5.69 Å². The lowest BCUT2D eigenvalue weighted by Gasteiger charge is -2.15. The number of ether oxygens (including phenoxy) is 1. The normalized spacial score (nSPS) is 11.1. The maximum absolute atomic E-state index is 12.6. The van der Waals surface area contributed by atoms with Crippen molar-refractivity contribution in [2.45, 2.75) is 27.2 Å². The van der Waals surface area contributed by atoms with Gasteiger partial charge in [-0.25, -0.2) is 4.98 Å². The molecule has 0 unspecified atom stereocenters. The van der Waals surface area contributed by atoms with Crippen molar-refractivity contribution in [1.82, 2.24) is 4.98 Å². The zero-order valence-electron chi connectivity index (χ0n) is 18.6. The first-order valence-electron chi connectivity index (χ1n) is 10.4. The number of hydrogen-bond acceptors (Lipinski definition) is 4. The number of rotatable bonds is 6. The molecule has 5 nitrogen and oxygen atoms in total. The number of carbonyl (C=O) groups is 1. The van der Waals surface area contributed by atoms with Crippen LogP contribution in [0.3, 0.4) is 0 Å². The molecule has 9 heteroatoms. The monoisotopic (exact) mass is 536 g/mol. The van der Waals surface area contributed by atoms with E-state index in [9.17, 15) is 4.79 Å². The van der Waals surface area contributed by atoms with Crippen LogP contribution in [0.25, 0.3) is 22.6 Å². The van der Waals surface area contributed by atoms with Crippen molar-refractivity contribution in [3.8, 4) is 17.2 Å². The summed E-state index contributed by atoms with van der Waals surface area (Å²) in [5.41, 5.74) is 4.89. The summed E-state index contributed by atoms with van der Waals surface area (Å²) in [6.45, 7) is 5.28. The maximum atomic E-state index is 12.6. The highest BCUT2D eigenvalue weighted by molar-refractivity contribution is 6.42. The molecule has 4 aromatic rings. The van der Waals surface area contributed by atoms with Crippen LogP contribution < -0.4 is 10.1 Å². The summed E-state index contributed by atoms with van der Waals surface area (Å²) in [7, 11) is 0. The van der Waals surface area contributed by atoms with E-state index in [0.717, 1.165) is 17.5 Å². The predicted molar refractivity (Wildman–Crippen MR) is 139 cm³/mol. The van der Waals surface area contributed by atoms with E-state index < -0.39 is 5.91 Å². The molecule has 0 fully saturated rings. The first kappa shape index (κ1) is 24.7. The second-order valence-electron chi connectivity index (χ2n) is 7.73. The summed E-state index contributed by atoms with van der Waals surface area (Å²) in [5, 5.41) is 4.22. The van der Waals surface area contributed by atoms with Crippen LogP contribution in [0.15, 0.2) is 40.8 Å². The van der Waals surface area contributed by atoms with Gasteiger partial charge in [0.05, 0.1) is 20.6 Å². The van der Waals surface area contributed by atoms with Crippen molar-refractivity contribution in [1.29, 1.82) is 0 Å². The van der Waals surface area contributed by atoms with Crippen molar-refractivity contribution < 1.29 is 13.9 Å². The van der Waals surface area contributed by atoms with Crippen molar-refractivity contribution >= 4 is 69.1 Å². The molecule has 1 N–H and O–H groups in total. The van der Waals surface area contributed by atoms with Crippen LogP contribution in [0, 0.1) is 13.8 Å². The molecular formula is C25H20Cl4N2O3. The molecule has 0 aliphatic carbocycles. The molecule has 34 heavy (non-hydrogen) atoms. The first-order chi connectivity index (χ1) is 16.2. The average Bonchev–Trinajstić information content (AvgIpc) is 3.25. The van der Waals surface area contributed by atoms with Crippen LogP contribution in [0.5, 0.6) is 5.75 Å². The van der Waals surface area contributed by atoms with Crippen LogP contribution >= 0.6 is 46.4 Å². The van der Waals surface area contributed by atoms with Gasteiger partial charge in [-0.1, -0.05) is 59.4 Å². The van der Waals surface area contributed by atoms with E-state index in [4.69, 9.17) is 55.6 Å². The van der Waals surface area contributed by atoms with Crippen LogP contribution in [0.1, 0.15) is 23.6 Å². The number of nitrogens with one attached hydrogen (secondary N) is 1. The second-order valence-corrected chi connectivity index (χ2v) is 9.27. The van der Waals surface area contributed by atoms with E-state index in [1.807, 2.05) is 18.2 Å². The smallest absolute Gasteiger partial charge is 0.262 e. The van der Waals surface area contributed by atoms with E-state index >= 15 is 0 Å². The Bertz CT molecular complexity index is 1390. The quantitative estimate of drug-likeness (QED) is 0.268. The van der Waals surface area contributed by atoms with Crippen LogP contribution in [-0.2, 0) is 11.2 Å². The van der Waals surface area contributed by atoms with Crippen molar-refractivity contribution in [2.24, 2.45) is 0 Å².